The molecule has 1 heterocycles. The lowest BCUT2D eigenvalue weighted by atomic mass is 10.2. The summed E-state index contributed by atoms with van der Waals surface area (Å²) in [6.07, 6.45) is 0. The van der Waals surface area contributed by atoms with Crippen LogP contribution in [-0.4, -0.2) is 66.1 Å². The normalized spacial score (nSPS) is 15.6. The molecule has 2 amide bonds. The maximum atomic E-state index is 12.1. The van der Waals surface area contributed by atoms with E-state index in [-0.39, 0.29) is 13.2 Å². The summed E-state index contributed by atoms with van der Waals surface area (Å²) in [5.41, 5.74) is 0.776. The number of β-amino-alcohol motifs (C(OH)–C–C–N with tert-alkyl or cyclic N) is 1. The monoisotopic (exact) mass is 325 g/mol. The zero-order valence-electron chi connectivity index (χ0n) is 12.3. The molecule has 120 valence electrons. The Morgan fingerprint density at radius 1 is 1.18 bits per heavy atom. The third kappa shape index (κ3) is 4.43. The second-order valence-corrected chi connectivity index (χ2v) is 5.54. The number of nitrogens with zero attached hydrogens (tertiary/aromatic N) is 2. The van der Waals surface area contributed by atoms with Crippen LogP contribution >= 0.6 is 11.6 Å². The number of aliphatic hydroxyl groups excluding tert-OH is 1. The first-order chi connectivity index (χ1) is 10.6. The summed E-state index contributed by atoms with van der Waals surface area (Å²) >= 11 is 6.01. The number of hydrogen-bond donors (Lipinski definition) is 2. The van der Waals surface area contributed by atoms with Crippen molar-refractivity contribution in [1.29, 1.82) is 0 Å². The van der Waals surface area contributed by atoms with Crippen molar-refractivity contribution in [2.24, 2.45) is 0 Å². The van der Waals surface area contributed by atoms with Gasteiger partial charge in [-0.1, -0.05) is 29.8 Å². The van der Waals surface area contributed by atoms with E-state index in [1.54, 1.807) is 12.1 Å². The number of halogens is 1. The van der Waals surface area contributed by atoms with Crippen LogP contribution in [0.1, 0.15) is 5.56 Å². The standard InChI is InChI=1S/C15H20ClN3O3/c16-13-4-2-1-3-12(13)11-17-14(21)15(22)19-7-5-18(6-8-19)9-10-20/h1-4,20H,5-11H2,(H,17,21). The van der Waals surface area contributed by atoms with Crippen LogP contribution in [0.3, 0.4) is 0 Å². The number of nitrogens with one attached hydrogen (secondary N) is 1. The Hall–Kier alpha value is -1.63. The zero-order valence-corrected chi connectivity index (χ0v) is 13.1. The van der Waals surface area contributed by atoms with Crippen LogP contribution in [-0.2, 0) is 16.1 Å². The quantitative estimate of drug-likeness (QED) is 0.770. The number of carbonyl (C=O) groups excluding carboxylic acids is 2. The molecule has 1 aromatic carbocycles. The first-order valence-corrected chi connectivity index (χ1v) is 7.63. The highest BCUT2D eigenvalue weighted by molar-refractivity contribution is 6.35. The molecule has 0 unspecified atom stereocenters. The molecule has 0 atom stereocenters. The Morgan fingerprint density at radius 3 is 2.50 bits per heavy atom. The Bertz CT molecular complexity index is 531. The average Bonchev–Trinajstić information content (AvgIpc) is 2.54. The molecule has 2 rings (SSSR count). The first-order valence-electron chi connectivity index (χ1n) is 7.25. The number of hydrogen-bond acceptors (Lipinski definition) is 4. The predicted molar refractivity (Wildman–Crippen MR) is 83.4 cm³/mol. The Kier molecular flexibility index (Phi) is 6.18. The number of carbonyl (C=O) groups is 2. The van der Waals surface area contributed by atoms with Crippen LogP contribution in [0.2, 0.25) is 5.02 Å². The summed E-state index contributed by atoms with van der Waals surface area (Å²) in [5.74, 6) is -1.13. The van der Waals surface area contributed by atoms with E-state index >= 15 is 0 Å². The van der Waals surface area contributed by atoms with Crippen molar-refractivity contribution in [3.05, 3.63) is 34.9 Å². The molecule has 0 spiro atoms. The summed E-state index contributed by atoms with van der Waals surface area (Å²) in [6.45, 7) is 3.27. The van der Waals surface area contributed by atoms with E-state index in [0.717, 1.165) is 5.56 Å². The van der Waals surface area contributed by atoms with Gasteiger partial charge in [0.05, 0.1) is 6.61 Å². The maximum absolute atomic E-state index is 12.1. The van der Waals surface area contributed by atoms with Gasteiger partial charge in [-0.2, -0.15) is 0 Å². The molecule has 0 aliphatic carbocycles. The lowest BCUT2D eigenvalue weighted by Gasteiger charge is -2.33. The summed E-state index contributed by atoms with van der Waals surface area (Å²) in [6, 6.07) is 7.19. The van der Waals surface area contributed by atoms with Gasteiger partial charge in [0.25, 0.3) is 0 Å². The largest absolute Gasteiger partial charge is 0.395 e. The van der Waals surface area contributed by atoms with Crippen molar-refractivity contribution < 1.29 is 14.7 Å². The van der Waals surface area contributed by atoms with Gasteiger partial charge in [-0.05, 0) is 11.6 Å². The topological polar surface area (TPSA) is 72.9 Å². The Labute approximate surface area is 134 Å². The molecule has 1 fully saturated rings. The van der Waals surface area contributed by atoms with Gasteiger partial charge in [0.15, 0.2) is 0 Å². The third-order valence-electron chi connectivity index (χ3n) is 3.67. The van der Waals surface area contributed by atoms with Gasteiger partial charge >= 0.3 is 11.8 Å². The molecular weight excluding hydrogens is 306 g/mol. The van der Waals surface area contributed by atoms with E-state index in [1.165, 1.54) is 4.90 Å². The van der Waals surface area contributed by atoms with Crippen molar-refractivity contribution in [2.75, 3.05) is 39.3 Å². The second-order valence-electron chi connectivity index (χ2n) is 5.13. The van der Waals surface area contributed by atoms with Gasteiger partial charge in [-0.3, -0.25) is 14.5 Å². The van der Waals surface area contributed by atoms with Gasteiger partial charge in [0.2, 0.25) is 0 Å². The fourth-order valence-corrected chi connectivity index (χ4v) is 2.56. The average molecular weight is 326 g/mol. The van der Waals surface area contributed by atoms with Crippen LogP contribution in [0.5, 0.6) is 0 Å². The van der Waals surface area contributed by atoms with Crippen LogP contribution < -0.4 is 5.32 Å². The summed E-state index contributed by atoms with van der Waals surface area (Å²) in [7, 11) is 0. The lowest BCUT2D eigenvalue weighted by molar-refractivity contribution is -0.147. The molecule has 1 aliphatic heterocycles. The fourth-order valence-electron chi connectivity index (χ4n) is 2.35. The van der Waals surface area contributed by atoms with Gasteiger partial charge in [-0.15, -0.1) is 0 Å². The van der Waals surface area contributed by atoms with Crippen molar-refractivity contribution in [2.45, 2.75) is 6.54 Å². The first kappa shape index (κ1) is 16.7. The molecule has 22 heavy (non-hydrogen) atoms. The SMILES string of the molecule is O=C(NCc1ccccc1Cl)C(=O)N1CCN(CCO)CC1. The molecule has 1 saturated heterocycles. The molecular formula is C15H20ClN3O3. The number of benzene rings is 1. The number of piperazine rings is 1. The minimum atomic E-state index is -0.615. The Morgan fingerprint density at radius 2 is 1.86 bits per heavy atom. The molecule has 1 aliphatic rings. The van der Waals surface area contributed by atoms with E-state index in [2.05, 4.69) is 10.2 Å². The van der Waals surface area contributed by atoms with Crippen LogP contribution in [0.4, 0.5) is 0 Å². The van der Waals surface area contributed by atoms with Gasteiger partial charge in [0.1, 0.15) is 0 Å². The summed E-state index contributed by atoms with van der Waals surface area (Å²) < 4.78 is 0. The number of aliphatic hydroxyl groups is 1. The molecule has 1 aromatic rings. The van der Waals surface area contributed by atoms with Crippen LogP contribution in [0, 0.1) is 0 Å². The van der Waals surface area contributed by atoms with Crippen LogP contribution in [0.25, 0.3) is 0 Å². The molecule has 0 aromatic heterocycles. The highest BCUT2D eigenvalue weighted by Crippen LogP contribution is 2.14. The second kappa shape index (κ2) is 8.12. The fraction of sp³-hybridized carbons (Fsp3) is 0.467. The summed E-state index contributed by atoms with van der Waals surface area (Å²) in [5, 5.41) is 12.1. The van der Waals surface area contributed by atoms with Gasteiger partial charge < -0.3 is 15.3 Å². The van der Waals surface area contributed by atoms with Crippen molar-refractivity contribution >= 4 is 23.4 Å². The molecule has 6 nitrogen and oxygen atoms in total. The molecule has 0 radical (unpaired) electrons. The van der Waals surface area contributed by atoms with Crippen molar-refractivity contribution in [3.63, 3.8) is 0 Å². The van der Waals surface area contributed by atoms with E-state index in [1.807, 2.05) is 12.1 Å². The minimum Gasteiger partial charge on any atom is -0.395 e. The van der Waals surface area contributed by atoms with E-state index in [4.69, 9.17) is 16.7 Å². The van der Waals surface area contributed by atoms with E-state index < -0.39 is 11.8 Å². The van der Waals surface area contributed by atoms with Gasteiger partial charge in [0, 0.05) is 44.3 Å². The minimum absolute atomic E-state index is 0.103. The zero-order chi connectivity index (χ0) is 15.9. The Balaban J connectivity index is 1.80. The predicted octanol–water partition coefficient (Wildman–Crippen LogP) is 0.0927. The van der Waals surface area contributed by atoms with Crippen molar-refractivity contribution in [3.8, 4) is 0 Å². The molecule has 0 saturated carbocycles. The maximum Gasteiger partial charge on any atom is 0.311 e. The highest BCUT2D eigenvalue weighted by Gasteiger charge is 2.25. The van der Waals surface area contributed by atoms with Crippen molar-refractivity contribution in [1.82, 2.24) is 15.1 Å². The third-order valence-corrected chi connectivity index (χ3v) is 4.04. The molecule has 7 heteroatoms. The summed E-state index contributed by atoms with van der Waals surface area (Å²) in [4.78, 5) is 27.6. The van der Waals surface area contributed by atoms with E-state index in [0.29, 0.717) is 37.7 Å². The lowest BCUT2D eigenvalue weighted by Crippen LogP contribution is -2.52. The molecule has 0 bridgehead atoms. The van der Waals surface area contributed by atoms with E-state index in [9.17, 15) is 9.59 Å². The number of rotatable bonds is 4. The van der Waals surface area contributed by atoms with Crippen LogP contribution in [0.15, 0.2) is 24.3 Å². The molecule has 2 N–H and O–H groups in total. The number of amides is 2. The highest BCUT2D eigenvalue weighted by atomic mass is 35.5. The smallest absolute Gasteiger partial charge is 0.311 e. The van der Waals surface area contributed by atoms with Gasteiger partial charge in [-0.25, -0.2) is 0 Å².